The molecule has 90 valence electrons. The van der Waals surface area contributed by atoms with Gasteiger partial charge >= 0.3 is 12.1 Å². The standard InChI is InChI=1S/C8H12F4O3/c1-3-14-4-5(2)15-7(13)6(9)8(10,11)12/h5-6H,3-4H2,1-2H3. The molecule has 0 aromatic rings. The van der Waals surface area contributed by atoms with Crippen LogP contribution in [0.3, 0.4) is 0 Å². The van der Waals surface area contributed by atoms with Crippen LogP contribution < -0.4 is 0 Å². The van der Waals surface area contributed by atoms with Crippen LogP contribution in [0.1, 0.15) is 13.8 Å². The quantitative estimate of drug-likeness (QED) is 0.536. The van der Waals surface area contributed by atoms with Crippen molar-refractivity contribution in [1.82, 2.24) is 0 Å². The molecule has 0 amide bonds. The van der Waals surface area contributed by atoms with E-state index in [1.54, 1.807) is 6.92 Å². The van der Waals surface area contributed by atoms with E-state index in [9.17, 15) is 22.4 Å². The van der Waals surface area contributed by atoms with Crippen LogP contribution in [0.5, 0.6) is 0 Å². The van der Waals surface area contributed by atoms with E-state index in [0.717, 1.165) is 0 Å². The van der Waals surface area contributed by atoms with Crippen molar-refractivity contribution in [3.63, 3.8) is 0 Å². The molecule has 0 aliphatic carbocycles. The predicted octanol–water partition coefficient (Wildman–Crippen LogP) is 1.85. The van der Waals surface area contributed by atoms with E-state index < -0.39 is 24.4 Å². The average molecular weight is 232 g/mol. The van der Waals surface area contributed by atoms with Gasteiger partial charge in [-0.15, -0.1) is 0 Å². The summed E-state index contributed by atoms with van der Waals surface area (Å²) in [6.07, 6.45) is -9.72. The van der Waals surface area contributed by atoms with Gasteiger partial charge in [-0.25, -0.2) is 9.18 Å². The zero-order chi connectivity index (χ0) is 12.1. The first-order valence-electron chi connectivity index (χ1n) is 4.28. The van der Waals surface area contributed by atoms with E-state index in [1.165, 1.54) is 6.92 Å². The summed E-state index contributed by atoms with van der Waals surface area (Å²) in [6.45, 7) is 3.26. The van der Waals surface area contributed by atoms with Crippen LogP contribution in [0.2, 0.25) is 0 Å². The number of alkyl halides is 4. The number of ether oxygens (including phenoxy) is 2. The first-order valence-corrected chi connectivity index (χ1v) is 4.28. The van der Waals surface area contributed by atoms with Crippen molar-refractivity contribution >= 4 is 5.97 Å². The monoisotopic (exact) mass is 232 g/mol. The van der Waals surface area contributed by atoms with Crippen molar-refractivity contribution in [2.24, 2.45) is 0 Å². The molecule has 0 aliphatic rings. The fraction of sp³-hybridized carbons (Fsp3) is 0.875. The van der Waals surface area contributed by atoms with E-state index in [0.29, 0.717) is 6.61 Å². The zero-order valence-electron chi connectivity index (χ0n) is 8.31. The number of rotatable bonds is 5. The maximum Gasteiger partial charge on any atom is 0.430 e. The molecule has 0 radical (unpaired) electrons. The van der Waals surface area contributed by atoms with Crippen LogP contribution in [0.25, 0.3) is 0 Å². The van der Waals surface area contributed by atoms with Crippen molar-refractivity contribution in [1.29, 1.82) is 0 Å². The minimum Gasteiger partial charge on any atom is -0.458 e. The molecule has 0 spiro atoms. The Morgan fingerprint density at radius 3 is 2.33 bits per heavy atom. The molecule has 0 heterocycles. The summed E-state index contributed by atoms with van der Waals surface area (Å²) >= 11 is 0. The fourth-order valence-electron chi connectivity index (χ4n) is 0.709. The van der Waals surface area contributed by atoms with Gasteiger partial charge in [0.15, 0.2) is 0 Å². The minimum absolute atomic E-state index is 0.0627. The summed E-state index contributed by atoms with van der Waals surface area (Å²) in [7, 11) is 0. The van der Waals surface area contributed by atoms with Gasteiger partial charge < -0.3 is 9.47 Å². The normalized spacial score (nSPS) is 15.9. The molecule has 2 unspecified atom stereocenters. The summed E-state index contributed by atoms with van der Waals surface area (Å²) in [5.41, 5.74) is 0. The lowest BCUT2D eigenvalue weighted by Gasteiger charge is -2.16. The van der Waals surface area contributed by atoms with Gasteiger partial charge in [0.25, 0.3) is 6.17 Å². The predicted molar refractivity (Wildman–Crippen MR) is 43.0 cm³/mol. The van der Waals surface area contributed by atoms with Crippen LogP contribution in [-0.4, -0.2) is 37.6 Å². The molecule has 0 N–H and O–H groups in total. The lowest BCUT2D eigenvalue weighted by Crippen LogP contribution is -2.36. The van der Waals surface area contributed by atoms with Gasteiger partial charge in [0.1, 0.15) is 6.10 Å². The van der Waals surface area contributed by atoms with E-state index >= 15 is 0 Å². The molecule has 7 heteroatoms. The van der Waals surface area contributed by atoms with Crippen molar-refractivity contribution in [2.75, 3.05) is 13.2 Å². The fourth-order valence-corrected chi connectivity index (χ4v) is 0.709. The molecule has 0 bridgehead atoms. The maximum atomic E-state index is 12.3. The molecule has 0 aromatic heterocycles. The van der Waals surface area contributed by atoms with E-state index in [4.69, 9.17) is 4.74 Å². The second-order valence-electron chi connectivity index (χ2n) is 2.81. The Morgan fingerprint density at radius 2 is 1.93 bits per heavy atom. The molecule has 0 rings (SSSR count). The highest BCUT2D eigenvalue weighted by Gasteiger charge is 2.47. The molecular formula is C8H12F4O3. The topological polar surface area (TPSA) is 35.5 Å². The van der Waals surface area contributed by atoms with Crippen molar-refractivity contribution in [3.8, 4) is 0 Å². The van der Waals surface area contributed by atoms with Gasteiger partial charge in [0.2, 0.25) is 0 Å². The molecule has 0 fully saturated rings. The van der Waals surface area contributed by atoms with E-state index in [1.807, 2.05) is 0 Å². The van der Waals surface area contributed by atoms with Crippen LogP contribution in [0, 0.1) is 0 Å². The molecular weight excluding hydrogens is 220 g/mol. The zero-order valence-corrected chi connectivity index (χ0v) is 8.31. The Morgan fingerprint density at radius 1 is 1.40 bits per heavy atom. The first-order chi connectivity index (χ1) is 6.79. The number of esters is 1. The number of hydrogen-bond acceptors (Lipinski definition) is 3. The lowest BCUT2D eigenvalue weighted by molar-refractivity contribution is -0.205. The number of halogens is 4. The summed E-state index contributed by atoms with van der Waals surface area (Å²) in [5, 5.41) is 0. The Hall–Kier alpha value is -0.850. The second kappa shape index (κ2) is 5.89. The SMILES string of the molecule is CCOCC(C)OC(=O)C(F)C(F)(F)F. The Kier molecular flexibility index (Phi) is 5.56. The Labute approximate surface area is 84.3 Å². The lowest BCUT2D eigenvalue weighted by atomic mass is 10.3. The highest BCUT2D eigenvalue weighted by atomic mass is 19.4. The van der Waals surface area contributed by atoms with Crippen molar-refractivity contribution < 1.29 is 31.8 Å². The highest BCUT2D eigenvalue weighted by molar-refractivity contribution is 5.75. The summed E-state index contributed by atoms with van der Waals surface area (Å²) in [5.74, 6) is -1.94. The molecule has 0 aliphatic heterocycles. The molecule has 0 saturated heterocycles. The summed E-state index contributed by atoms with van der Waals surface area (Å²) in [4.78, 5) is 10.6. The second-order valence-corrected chi connectivity index (χ2v) is 2.81. The average Bonchev–Trinajstić information content (AvgIpc) is 2.11. The largest absolute Gasteiger partial charge is 0.458 e. The van der Waals surface area contributed by atoms with Gasteiger partial charge in [-0.3, -0.25) is 0 Å². The van der Waals surface area contributed by atoms with Crippen LogP contribution in [-0.2, 0) is 14.3 Å². The van der Waals surface area contributed by atoms with Crippen LogP contribution in [0.15, 0.2) is 0 Å². The number of carbonyl (C=O) groups is 1. The third kappa shape index (κ3) is 5.56. The van der Waals surface area contributed by atoms with Gasteiger partial charge in [0, 0.05) is 6.61 Å². The van der Waals surface area contributed by atoms with E-state index in [-0.39, 0.29) is 6.61 Å². The van der Waals surface area contributed by atoms with Gasteiger partial charge in [0.05, 0.1) is 6.61 Å². The number of carbonyl (C=O) groups excluding carboxylic acids is 1. The Bertz CT molecular complexity index is 205. The summed E-state index contributed by atoms with van der Waals surface area (Å²) < 4.78 is 56.4. The molecule has 15 heavy (non-hydrogen) atoms. The highest BCUT2D eigenvalue weighted by Crippen LogP contribution is 2.24. The van der Waals surface area contributed by atoms with Crippen LogP contribution >= 0.6 is 0 Å². The third-order valence-electron chi connectivity index (χ3n) is 1.37. The smallest absolute Gasteiger partial charge is 0.430 e. The molecule has 0 saturated carbocycles. The van der Waals surface area contributed by atoms with Crippen LogP contribution in [0.4, 0.5) is 17.6 Å². The van der Waals surface area contributed by atoms with Crippen molar-refractivity contribution in [2.45, 2.75) is 32.3 Å². The first kappa shape index (κ1) is 14.2. The Balaban J connectivity index is 4.02. The van der Waals surface area contributed by atoms with Gasteiger partial charge in [-0.05, 0) is 13.8 Å². The van der Waals surface area contributed by atoms with Gasteiger partial charge in [-0.2, -0.15) is 13.2 Å². The van der Waals surface area contributed by atoms with E-state index in [2.05, 4.69) is 4.74 Å². The molecule has 2 atom stereocenters. The molecule has 0 aromatic carbocycles. The maximum absolute atomic E-state index is 12.3. The number of hydrogen-bond donors (Lipinski definition) is 0. The minimum atomic E-state index is -5.22. The van der Waals surface area contributed by atoms with Crippen molar-refractivity contribution in [3.05, 3.63) is 0 Å². The van der Waals surface area contributed by atoms with Gasteiger partial charge in [-0.1, -0.05) is 0 Å². The molecule has 3 nitrogen and oxygen atoms in total. The third-order valence-corrected chi connectivity index (χ3v) is 1.37. The summed E-state index contributed by atoms with van der Waals surface area (Å²) in [6, 6.07) is 0.